The molecule has 0 saturated heterocycles. The van der Waals surface area contributed by atoms with Crippen LogP contribution in [0, 0.1) is 0 Å². The summed E-state index contributed by atoms with van der Waals surface area (Å²) in [6, 6.07) is 9.61. The van der Waals surface area contributed by atoms with E-state index in [9.17, 15) is 0 Å². The van der Waals surface area contributed by atoms with E-state index in [1.54, 1.807) is 10.7 Å². The quantitative estimate of drug-likeness (QED) is 0.664. The summed E-state index contributed by atoms with van der Waals surface area (Å²) < 4.78 is 2.60. The third-order valence-corrected chi connectivity index (χ3v) is 4.15. The molecule has 3 rings (SSSR count). The number of benzene rings is 1. The Balaban J connectivity index is 2.11. The van der Waals surface area contributed by atoms with Gasteiger partial charge in [0.25, 0.3) is 0 Å². The number of fused-ring (bicyclic) bond motifs is 1. The second kappa shape index (κ2) is 6.64. The van der Waals surface area contributed by atoms with Crippen molar-refractivity contribution in [3.63, 3.8) is 0 Å². The molecule has 0 radical (unpaired) electrons. The number of aromatic nitrogens is 3. The minimum absolute atomic E-state index is 0.640. The van der Waals surface area contributed by atoms with Crippen molar-refractivity contribution in [3.05, 3.63) is 46.0 Å². The largest absolute Gasteiger partial charge is 0.370 e. The first-order chi connectivity index (χ1) is 10.7. The zero-order chi connectivity index (χ0) is 15.5. The number of hydrogen-bond acceptors (Lipinski definition) is 4. The third kappa shape index (κ3) is 2.95. The Morgan fingerprint density at radius 2 is 2.14 bits per heavy atom. The van der Waals surface area contributed by atoms with E-state index in [-0.39, 0.29) is 0 Å². The Labute approximate surface area is 141 Å². The van der Waals surface area contributed by atoms with E-state index in [0.717, 1.165) is 40.2 Å². The first-order valence-electron chi connectivity index (χ1n) is 6.94. The minimum Gasteiger partial charge on any atom is -0.370 e. The van der Waals surface area contributed by atoms with Crippen LogP contribution in [0.5, 0.6) is 0 Å². The Hall–Kier alpha value is -1.63. The highest BCUT2D eigenvalue weighted by Gasteiger charge is 2.12. The predicted octanol–water partition coefficient (Wildman–Crippen LogP) is 3.57. The summed E-state index contributed by atoms with van der Waals surface area (Å²) in [6.45, 7) is 1.41. The summed E-state index contributed by atoms with van der Waals surface area (Å²) in [5, 5.41) is 8.35. The van der Waals surface area contributed by atoms with Gasteiger partial charge in [-0.3, -0.25) is 0 Å². The average molecular weight is 381 g/mol. The number of nitrogens with one attached hydrogen (secondary N) is 1. The van der Waals surface area contributed by atoms with Gasteiger partial charge < -0.3 is 11.1 Å². The van der Waals surface area contributed by atoms with Crippen LogP contribution in [0.25, 0.3) is 16.9 Å². The fourth-order valence-electron chi connectivity index (χ4n) is 2.19. The normalized spacial score (nSPS) is 11.0. The van der Waals surface area contributed by atoms with Gasteiger partial charge in [0.2, 0.25) is 0 Å². The van der Waals surface area contributed by atoms with Crippen molar-refractivity contribution < 1.29 is 0 Å². The van der Waals surface area contributed by atoms with E-state index < -0.39 is 0 Å². The summed E-state index contributed by atoms with van der Waals surface area (Å²) in [5.74, 6) is 0.860. The van der Waals surface area contributed by atoms with Gasteiger partial charge in [0.1, 0.15) is 5.82 Å². The van der Waals surface area contributed by atoms with Gasteiger partial charge in [0.05, 0.1) is 16.4 Å². The molecule has 0 atom stereocenters. The topological polar surface area (TPSA) is 68.2 Å². The molecule has 3 N–H and O–H groups in total. The van der Waals surface area contributed by atoms with Crippen molar-refractivity contribution >= 4 is 39.0 Å². The highest BCUT2D eigenvalue weighted by atomic mass is 79.9. The van der Waals surface area contributed by atoms with Crippen molar-refractivity contribution in [1.29, 1.82) is 0 Å². The molecule has 1 aromatic carbocycles. The maximum Gasteiger partial charge on any atom is 0.172 e. The van der Waals surface area contributed by atoms with Crippen molar-refractivity contribution in [2.45, 2.75) is 6.42 Å². The summed E-state index contributed by atoms with van der Waals surface area (Å²) >= 11 is 9.77. The summed E-state index contributed by atoms with van der Waals surface area (Å²) in [6.07, 6.45) is 2.61. The van der Waals surface area contributed by atoms with Crippen LogP contribution in [0.3, 0.4) is 0 Å². The van der Waals surface area contributed by atoms with Crippen molar-refractivity contribution in [3.8, 4) is 11.3 Å². The van der Waals surface area contributed by atoms with Crippen LogP contribution >= 0.6 is 27.5 Å². The van der Waals surface area contributed by atoms with E-state index in [1.165, 1.54) is 0 Å². The standard InChI is InChI=1S/C15H15BrClN5/c16-11-9-20-22-14(19-7-3-6-18)8-13(21-15(11)22)10-4-1-2-5-12(10)17/h1-2,4-5,8-9,19H,3,6-7,18H2. The molecule has 0 saturated carbocycles. The van der Waals surface area contributed by atoms with Gasteiger partial charge >= 0.3 is 0 Å². The van der Waals surface area contributed by atoms with Crippen molar-refractivity contribution in [2.75, 3.05) is 18.4 Å². The molecular weight excluding hydrogens is 366 g/mol. The van der Waals surface area contributed by atoms with Crippen LogP contribution < -0.4 is 11.1 Å². The Morgan fingerprint density at radius 3 is 2.91 bits per heavy atom. The van der Waals surface area contributed by atoms with Crippen molar-refractivity contribution in [2.24, 2.45) is 5.73 Å². The minimum atomic E-state index is 0.640. The number of hydrogen-bond donors (Lipinski definition) is 2. The fourth-order valence-corrected chi connectivity index (χ4v) is 2.77. The second-order valence-electron chi connectivity index (χ2n) is 4.80. The molecule has 114 valence electrons. The van der Waals surface area contributed by atoms with Crippen LogP contribution in [0.15, 0.2) is 41.0 Å². The van der Waals surface area contributed by atoms with E-state index in [0.29, 0.717) is 11.6 Å². The van der Waals surface area contributed by atoms with E-state index >= 15 is 0 Å². The van der Waals surface area contributed by atoms with Crippen LogP contribution in [-0.2, 0) is 0 Å². The van der Waals surface area contributed by atoms with Gasteiger partial charge in [0, 0.05) is 23.2 Å². The Bertz CT molecular complexity index is 802. The molecule has 0 aliphatic carbocycles. The molecule has 7 heteroatoms. The van der Waals surface area contributed by atoms with Crippen LogP contribution in [0.2, 0.25) is 5.02 Å². The predicted molar refractivity (Wildman–Crippen MR) is 93.3 cm³/mol. The van der Waals surface area contributed by atoms with Crippen LogP contribution in [0.1, 0.15) is 6.42 Å². The summed E-state index contributed by atoms with van der Waals surface area (Å²) in [4.78, 5) is 4.66. The van der Waals surface area contributed by atoms with Crippen molar-refractivity contribution in [1.82, 2.24) is 14.6 Å². The lowest BCUT2D eigenvalue weighted by Crippen LogP contribution is -2.11. The molecule has 2 heterocycles. The van der Waals surface area contributed by atoms with Gasteiger partial charge in [-0.05, 0) is 35.0 Å². The highest BCUT2D eigenvalue weighted by molar-refractivity contribution is 9.10. The Morgan fingerprint density at radius 1 is 1.32 bits per heavy atom. The number of nitrogens with two attached hydrogens (primary N) is 1. The van der Waals surface area contributed by atoms with Gasteiger partial charge in [-0.2, -0.15) is 9.61 Å². The molecule has 5 nitrogen and oxygen atoms in total. The van der Waals surface area contributed by atoms with Crippen LogP contribution in [-0.4, -0.2) is 27.7 Å². The Kier molecular flexibility index (Phi) is 4.61. The smallest absolute Gasteiger partial charge is 0.172 e. The van der Waals surface area contributed by atoms with Gasteiger partial charge in [-0.25, -0.2) is 4.98 Å². The third-order valence-electron chi connectivity index (χ3n) is 3.27. The molecule has 0 bridgehead atoms. The number of halogens is 2. The van der Waals surface area contributed by atoms with E-state index in [4.69, 9.17) is 17.3 Å². The SMILES string of the molecule is NCCCNc1cc(-c2ccccc2Cl)nc2c(Br)cnn12. The monoisotopic (exact) mass is 379 g/mol. The fraction of sp³-hybridized carbons (Fsp3) is 0.200. The first kappa shape index (κ1) is 15.3. The lowest BCUT2D eigenvalue weighted by Gasteiger charge is -2.11. The zero-order valence-corrected chi connectivity index (χ0v) is 14.1. The lowest BCUT2D eigenvalue weighted by molar-refractivity contribution is 0.852. The molecule has 0 amide bonds. The molecule has 2 aromatic heterocycles. The maximum atomic E-state index is 6.29. The van der Waals surface area contributed by atoms with Gasteiger partial charge in [-0.15, -0.1) is 0 Å². The van der Waals surface area contributed by atoms with Gasteiger partial charge in [-0.1, -0.05) is 29.8 Å². The summed E-state index contributed by atoms with van der Waals surface area (Å²) in [5.41, 5.74) is 7.98. The molecule has 0 spiro atoms. The average Bonchev–Trinajstić information content (AvgIpc) is 2.90. The number of rotatable bonds is 5. The molecule has 0 aliphatic heterocycles. The van der Waals surface area contributed by atoms with E-state index in [2.05, 4.69) is 31.3 Å². The molecule has 22 heavy (non-hydrogen) atoms. The molecule has 0 aliphatic rings. The lowest BCUT2D eigenvalue weighted by atomic mass is 10.1. The summed E-state index contributed by atoms with van der Waals surface area (Å²) in [7, 11) is 0. The second-order valence-corrected chi connectivity index (χ2v) is 6.06. The molecule has 3 aromatic rings. The molecule has 0 fully saturated rings. The van der Waals surface area contributed by atoms with Crippen LogP contribution in [0.4, 0.5) is 5.82 Å². The van der Waals surface area contributed by atoms with Gasteiger partial charge in [0.15, 0.2) is 5.65 Å². The maximum absolute atomic E-state index is 6.29. The number of anilines is 1. The number of nitrogens with zero attached hydrogens (tertiary/aromatic N) is 3. The molecular formula is C15H15BrClN5. The highest BCUT2D eigenvalue weighted by Crippen LogP contribution is 2.30. The molecule has 0 unspecified atom stereocenters. The first-order valence-corrected chi connectivity index (χ1v) is 8.11. The zero-order valence-electron chi connectivity index (χ0n) is 11.8. The van der Waals surface area contributed by atoms with E-state index in [1.807, 2.05) is 30.3 Å².